The third kappa shape index (κ3) is 1.56. The number of benzene rings is 1. The summed E-state index contributed by atoms with van der Waals surface area (Å²) in [4.78, 5) is 0. The van der Waals surface area contributed by atoms with E-state index in [-0.39, 0.29) is 0 Å². The maximum atomic E-state index is 13.2. The van der Waals surface area contributed by atoms with Gasteiger partial charge in [-0.3, -0.25) is 5.41 Å². The fraction of sp³-hybridized carbons (Fsp3) is 0.412. The summed E-state index contributed by atoms with van der Waals surface area (Å²) in [6.45, 7) is 3.19. The zero-order valence-corrected chi connectivity index (χ0v) is 13.0. The quantitative estimate of drug-likeness (QED) is 0.853. The van der Waals surface area contributed by atoms with Gasteiger partial charge in [-0.05, 0) is 17.7 Å². The van der Waals surface area contributed by atoms with E-state index in [1.165, 1.54) is 24.3 Å². The van der Waals surface area contributed by atoms with Crippen LogP contribution in [0.25, 0.3) is 0 Å². The van der Waals surface area contributed by atoms with Gasteiger partial charge in [-0.2, -0.15) is 15.8 Å². The summed E-state index contributed by atoms with van der Waals surface area (Å²) in [5.74, 6) is -2.97. The van der Waals surface area contributed by atoms with Crippen molar-refractivity contribution >= 4 is 5.90 Å². The zero-order valence-electron chi connectivity index (χ0n) is 13.0. The normalized spacial score (nSPS) is 36.1. The number of hydrogen-bond donors (Lipinski definition) is 1. The molecule has 0 spiro atoms. The minimum atomic E-state index is -1.99. The largest absolute Gasteiger partial charge is 0.448 e. The molecule has 0 radical (unpaired) electrons. The van der Waals surface area contributed by atoms with Crippen molar-refractivity contribution in [2.45, 2.75) is 25.7 Å². The number of halogens is 1. The highest BCUT2D eigenvalue weighted by atomic mass is 19.1. The van der Waals surface area contributed by atoms with Crippen LogP contribution in [0.1, 0.15) is 25.5 Å². The van der Waals surface area contributed by atoms with E-state index in [4.69, 9.17) is 14.9 Å². The molecule has 0 aromatic heterocycles. The Labute approximate surface area is 138 Å². The van der Waals surface area contributed by atoms with Gasteiger partial charge in [-0.1, -0.05) is 19.1 Å². The Morgan fingerprint density at radius 3 is 2.21 bits per heavy atom. The molecule has 24 heavy (non-hydrogen) atoms. The lowest BCUT2D eigenvalue weighted by molar-refractivity contribution is -0.268. The second-order valence-corrected chi connectivity index (χ2v) is 6.17. The molecule has 2 fully saturated rings. The van der Waals surface area contributed by atoms with Crippen LogP contribution in [-0.2, 0) is 9.47 Å². The Balaban J connectivity index is 2.31. The highest BCUT2D eigenvalue weighted by Crippen LogP contribution is 2.66. The van der Waals surface area contributed by atoms with Crippen LogP contribution in [0.4, 0.5) is 4.39 Å². The second-order valence-electron chi connectivity index (χ2n) is 6.17. The van der Waals surface area contributed by atoms with Gasteiger partial charge in [0.25, 0.3) is 0 Å². The maximum absolute atomic E-state index is 13.2. The monoisotopic (exact) mass is 324 g/mol. The number of rotatable bonds is 1. The Morgan fingerprint density at radius 1 is 1.12 bits per heavy atom. The van der Waals surface area contributed by atoms with Crippen LogP contribution in [-0.4, -0.2) is 11.7 Å². The van der Waals surface area contributed by atoms with E-state index in [9.17, 15) is 20.2 Å². The van der Waals surface area contributed by atoms with Crippen LogP contribution in [0.5, 0.6) is 0 Å². The summed E-state index contributed by atoms with van der Waals surface area (Å²) >= 11 is 0. The van der Waals surface area contributed by atoms with Crippen molar-refractivity contribution in [3.63, 3.8) is 0 Å². The zero-order chi connectivity index (χ0) is 17.8. The summed E-state index contributed by atoms with van der Waals surface area (Å²) in [7, 11) is 0. The SMILES string of the molecule is C[C@@H]1[C@@]2(C)OC(=N)[C@@]1(C#N)C(C#N)(C#N)[C@H](c1ccc(F)cc1)O2. The third-order valence-corrected chi connectivity index (χ3v) is 5.17. The lowest BCUT2D eigenvalue weighted by Crippen LogP contribution is -2.57. The molecule has 1 N–H and O–H groups in total. The van der Waals surface area contributed by atoms with E-state index in [1.54, 1.807) is 13.8 Å². The minimum absolute atomic E-state index is 0.371. The van der Waals surface area contributed by atoms with Gasteiger partial charge in [0.05, 0.1) is 24.1 Å². The first-order valence-electron chi connectivity index (χ1n) is 7.26. The Kier molecular flexibility index (Phi) is 3.17. The van der Waals surface area contributed by atoms with E-state index in [2.05, 4.69) is 0 Å². The molecule has 0 saturated carbocycles. The molecule has 2 heterocycles. The molecule has 6 nitrogen and oxygen atoms in total. The molecule has 1 aromatic carbocycles. The van der Waals surface area contributed by atoms with Crippen molar-refractivity contribution in [1.82, 2.24) is 0 Å². The van der Waals surface area contributed by atoms with Crippen LogP contribution in [0.2, 0.25) is 0 Å². The van der Waals surface area contributed by atoms with E-state index >= 15 is 0 Å². The van der Waals surface area contributed by atoms with Crippen molar-refractivity contribution in [1.29, 1.82) is 21.2 Å². The molecular formula is C17H13FN4O2. The second kappa shape index (κ2) is 4.77. The molecule has 7 heteroatoms. The molecule has 0 aliphatic carbocycles. The molecular weight excluding hydrogens is 311 g/mol. The first-order valence-corrected chi connectivity index (χ1v) is 7.26. The summed E-state index contributed by atoms with van der Waals surface area (Å²) < 4.78 is 24.6. The average molecular weight is 324 g/mol. The van der Waals surface area contributed by atoms with E-state index in [0.29, 0.717) is 5.56 Å². The third-order valence-electron chi connectivity index (χ3n) is 5.17. The Hall–Kier alpha value is -2.95. The summed E-state index contributed by atoms with van der Waals surface area (Å²) in [6.07, 6.45) is -1.16. The van der Waals surface area contributed by atoms with Crippen LogP contribution < -0.4 is 0 Å². The first-order chi connectivity index (χ1) is 11.3. The number of nitrogens with zero attached hydrogens (tertiary/aromatic N) is 3. The van der Waals surface area contributed by atoms with Gasteiger partial charge in [0.2, 0.25) is 17.1 Å². The topological polar surface area (TPSA) is 114 Å². The van der Waals surface area contributed by atoms with Crippen molar-refractivity contribution < 1.29 is 13.9 Å². The van der Waals surface area contributed by atoms with Crippen LogP contribution >= 0.6 is 0 Å². The van der Waals surface area contributed by atoms with E-state index < -0.39 is 40.4 Å². The molecule has 1 aromatic rings. The highest BCUT2D eigenvalue weighted by Gasteiger charge is 2.78. The molecule has 0 unspecified atom stereocenters. The van der Waals surface area contributed by atoms with Gasteiger partial charge in [0.15, 0.2) is 5.41 Å². The molecule has 2 bridgehead atoms. The van der Waals surface area contributed by atoms with Crippen LogP contribution in [0.15, 0.2) is 24.3 Å². The standard InChI is InChI=1S/C17H13FN4O2/c1-10-15(2)23-13(11-3-5-12(18)6-4-11)16(7-19,8-20)17(10,9-21)14(22)24-15/h3-6,10,13,22H,1-2H3/t10-,13+,15-,17+/m1/s1. The van der Waals surface area contributed by atoms with Crippen LogP contribution in [0, 0.1) is 62.0 Å². The highest BCUT2D eigenvalue weighted by molar-refractivity contribution is 5.89. The summed E-state index contributed by atoms with van der Waals surface area (Å²) in [5, 5.41) is 37.7. The predicted octanol–water partition coefficient (Wildman–Crippen LogP) is 2.80. The number of nitrogens with one attached hydrogen (secondary N) is 1. The van der Waals surface area contributed by atoms with E-state index in [1.807, 2.05) is 18.2 Å². The van der Waals surface area contributed by atoms with Crippen molar-refractivity contribution in [3.8, 4) is 18.2 Å². The molecule has 2 aliphatic heterocycles. The van der Waals surface area contributed by atoms with Gasteiger partial charge in [-0.15, -0.1) is 0 Å². The average Bonchev–Trinajstić information content (AvgIpc) is 2.71. The number of fused-ring (bicyclic) bond motifs is 2. The van der Waals surface area contributed by atoms with Gasteiger partial charge >= 0.3 is 0 Å². The van der Waals surface area contributed by atoms with Gasteiger partial charge in [0.1, 0.15) is 11.9 Å². The van der Waals surface area contributed by atoms with Crippen molar-refractivity contribution in [2.24, 2.45) is 16.7 Å². The smallest absolute Gasteiger partial charge is 0.214 e. The molecule has 120 valence electrons. The summed E-state index contributed by atoms with van der Waals surface area (Å²) in [5.41, 5.74) is -3.40. The molecule has 0 amide bonds. The fourth-order valence-corrected chi connectivity index (χ4v) is 3.65. The molecule has 2 aliphatic rings. The first kappa shape index (κ1) is 15.9. The number of hydrogen-bond acceptors (Lipinski definition) is 6. The van der Waals surface area contributed by atoms with Crippen LogP contribution in [0.3, 0.4) is 0 Å². The Bertz CT molecular complexity index is 833. The lowest BCUT2D eigenvalue weighted by atomic mass is 9.54. The summed E-state index contributed by atoms with van der Waals surface area (Å²) in [6, 6.07) is 11.0. The molecule has 3 rings (SSSR count). The molecule has 4 atom stereocenters. The lowest BCUT2D eigenvalue weighted by Gasteiger charge is -2.47. The minimum Gasteiger partial charge on any atom is -0.448 e. The number of nitriles is 3. The number of ether oxygens (including phenoxy) is 2. The molecule has 2 saturated heterocycles. The van der Waals surface area contributed by atoms with Gasteiger partial charge in [-0.25, -0.2) is 4.39 Å². The predicted molar refractivity (Wildman–Crippen MR) is 78.3 cm³/mol. The van der Waals surface area contributed by atoms with E-state index in [0.717, 1.165) is 0 Å². The van der Waals surface area contributed by atoms with Crippen molar-refractivity contribution in [2.75, 3.05) is 0 Å². The van der Waals surface area contributed by atoms with Gasteiger partial charge < -0.3 is 9.47 Å². The maximum Gasteiger partial charge on any atom is 0.214 e. The van der Waals surface area contributed by atoms with Gasteiger partial charge in [0, 0.05) is 6.92 Å². The van der Waals surface area contributed by atoms with Crippen molar-refractivity contribution in [3.05, 3.63) is 35.6 Å². The fourth-order valence-electron chi connectivity index (χ4n) is 3.65. The Morgan fingerprint density at radius 2 is 1.71 bits per heavy atom.